The van der Waals surface area contributed by atoms with Crippen molar-refractivity contribution < 1.29 is 25.2 Å². The lowest BCUT2D eigenvalue weighted by atomic mass is 9.85. The van der Waals surface area contributed by atoms with E-state index < -0.39 is 18.2 Å². The van der Waals surface area contributed by atoms with E-state index in [4.69, 9.17) is 5.11 Å². The molecule has 0 unspecified atom stereocenters. The second-order valence-electron chi connectivity index (χ2n) is 7.03. The molecule has 0 aromatic carbocycles. The number of aliphatic hydroxyl groups excluding tert-OH is 3. The summed E-state index contributed by atoms with van der Waals surface area (Å²) in [7, 11) is 0. The van der Waals surface area contributed by atoms with Crippen LogP contribution in [0.3, 0.4) is 0 Å². The average Bonchev–Trinajstić information content (AvgIpc) is 2.73. The number of aliphatic carboxylic acids is 1. The zero-order chi connectivity index (χ0) is 17.4. The van der Waals surface area contributed by atoms with E-state index in [1.54, 1.807) is 0 Å². The fourth-order valence-corrected chi connectivity index (χ4v) is 3.54. The quantitative estimate of drug-likeness (QED) is 0.364. The van der Waals surface area contributed by atoms with Gasteiger partial charge in [0.2, 0.25) is 0 Å². The second-order valence-corrected chi connectivity index (χ2v) is 7.03. The van der Waals surface area contributed by atoms with Crippen LogP contribution < -0.4 is 0 Å². The molecule has 0 radical (unpaired) electrons. The molecule has 5 heteroatoms. The number of carbonyl (C=O) groups is 1. The SMILES string of the molecule is CC(C)=C(O)CC[C@@H]1[C@@H](CCCCCCC(=O)O)[C@@H](O)C[C@H]1O. The van der Waals surface area contributed by atoms with Gasteiger partial charge in [-0.2, -0.15) is 0 Å². The van der Waals surface area contributed by atoms with Crippen LogP contribution in [0.1, 0.15) is 71.6 Å². The van der Waals surface area contributed by atoms with E-state index in [9.17, 15) is 20.1 Å². The largest absolute Gasteiger partial charge is 0.512 e. The molecule has 1 fully saturated rings. The van der Waals surface area contributed by atoms with Crippen molar-refractivity contribution in [3.05, 3.63) is 11.3 Å². The summed E-state index contributed by atoms with van der Waals surface area (Å²) in [4.78, 5) is 10.5. The van der Waals surface area contributed by atoms with Crippen molar-refractivity contribution in [3.8, 4) is 0 Å². The van der Waals surface area contributed by atoms with Gasteiger partial charge in [0.15, 0.2) is 0 Å². The molecule has 0 saturated heterocycles. The van der Waals surface area contributed by atoms with Crippen molar-refractivity contribution >= 4 is 5.97 Å². The number of aliphatic hydroxyl groups is 3. The summed E-state index contributed by atoms with van der Waals surface area (Å²) in [5, 5.41) is 38.8. The Labute approximate surface area is 139 Å². The maximum atomic E-state index is 10.5. The molecule has 0 aromatic rings. The van der Waals surface area contributed by atoms with Crippen molar-refractivity contribution in [2.24, 2.45) is 11.8 Å². The van der Waals surface area contributed by atoms with E-state index in [0.29, 0.717) is 31.4 Å². The molecule has 0 aromatic heterocycles. The third-order valence-electron chi connectivity index (χ3n) is 4.99. The van der Waals surface area contributed by atoms with Gasteiger partial charge in [-0.15, -0.1) is 0 Å². The summed E-state index contributed by atoms with van der Waals surface area (Å²) in [6, 6.07) is 0. The van der Waals surface area contributed by atoms with Gasteiger partial charge in [0.25, 0.3) is 0 Å². The Hall–Kier alpha value is -1.07. The third kappa shape index (κ3) is 6.92. The van der Waals surface area contributed by atoms with Gasteiger partial charge in [0.05, 0.1) is 18.0 Å². The normalized spacial score (nSPS) is 27.1. The van der Waals surface area contributed by atoms with Crippen molar-refractivity contribution in [1.29, 1.82) is 0 Å². The number of allylic oxidation sites excluding steroid dienone is 2. The standard InChI is InChI=1S/C18H32O5/c1-12(2)15(19)10-9-14-13(16(20)11-17(14)21)7-5-3-4-6-8-18(22)23/h13-14,16-17,19-21H,3-11H2,1-2H3,(H,22,23)/t13-,14-,16+,17-/m1/s1. The molecule has 0 heterocycles. The van der Waals surface area contributed by atoms with Crippen LogP contribution >= 0.6 is 0 Å². The van der Waals surface area contributed by atoms with Gasteiger partial charge in [-0.1, -0.05) is 19.3 Å². The van der Waals surface area contributed by atoms with E-state index in [1.165, 1.54) is 0 Å². The fraction of sp³-hybridized carbons (Fsp3) is 0.833. The molecule has 23 heavy (non-hydrogen) atoms. The van der Waals surface area contributed by atoms with Gasteiger partial charge < -0.3 is 20.4 Å². The molecule has 1 aliphatic carbocycles. The van der Waals surface area contributed by atoms with Gasteiger partial charge in [-0.25, -0.2) is 0 Å². The Bertz CT molecular complexity index is 400. The summed E-state index contributed by atoms with van der Waals surface area (Å²) in [6.07, 6.45) is 5.26. The summed E-state index contributed by atoms with van der Waals surface area (Å²) in [6.45, 7) is 3.73. The van der Waals surface area contributed by atoms with Crippen LogP contribution in [0, 0.1) is 11.8 Å². The molecule has 0 amide bonds. The predicted molar refractivity (Wildman–Crippen MR) is 89.2 cm³/mol. The van der Waals surface area contributed by atoms with E-state index in [2.05, 4.69) is 0 Å². The van der Waals surface area contributed by atoms with Crippen molar-refractivity contribution in [1.82, 2.24) is 0 Å². The van der Waals surface area contributed by atoms with Gasteiger partial charge in [0, 0.05) is 12.8 Å². The highest BCUT2D eigenvalue weighted by molar-refractivity contribution is 5.66. The highest BCUT2D eigenvalue weighted by atomic mass is 16.4. The Balaban J connectivity index is 2.38. The first-order valence-electron chi connectivity index (χ1n) is 8.76. The smallest absolute Gasteiger partial charge is 0.303 e. The lowest BCUT2D eigenvalue weighted by Gasteiger charge is -2.23. The van der Waals surface area contributed by atoms with Gasteiger partial charge >= 0.3 is 5.97 Å². The Morgan fingerprint density at radius 1 is 0.870 bits per heavy atom. The van der Waals surface area contributed by atoms with E-state index in [1.807, 2.05) is 13.8 Å². The number of hydrogen-bond acceptors (Lipinski definition) is 4. The van der Waals surface area contributed by atoms with Crippen LogP contribution in [0.2, 0.25) is 0 Å². The van der Waals surface area contributed by atoms with Crippen LogP contribution in [0.4, 0.5) is 0 Å². The Kier molecular flexibility index (Phi) is 8.63. The fourth-order valence-electron chi connectivity index (χ4n) is 3.54. The molecular weight excluding hydrogens is 296 g/mol. The minimum absolute atomic E-state index is 0.0329. The van der Waals surface area contributed by atoms with Crippen LogP contribution in [0.5, 0.6) is 0 Å². The van der Waals surface area contributed by atoms with Crippen molar-refractivity contribution in [2.45, 2.75) is 83.8 Å². The predicted octanol–water partition coefficient (Wildman–Crippen LogP) is 3.40. The topological polar surface area (TPSA) is 98.0 Å². The van der Waals surface area contributed by atoms with Gasteiger partial charge in [-0.3, -0.25) is 4.79 Å². The minimum atomic E-state index is -0.751. The maximum absolute atomic E-state index is 10.5. The molecular formula is C18H32O5. The molecule has 1 saturated carbocycles. The third-order valence-corrected chi connectivity index (χ3v) is 4.99. The van der Waals surface area contributed by atoms with Crippen LogP contribution in [-0.4, -0.2) is 38.6 Å². The zero-order valence-electron chi connectivity index (χ0n) is 14.4. The molecule has 0 spiro atoms. The highest BCUT2D eigenvalue weighted by Gasteiger charge is 2.40. The van der Waals surface area contributed by atoms with E-state index in [-0.39, 0.29) is 18.3 Å². The first kappa shape index (κ1) is 20.0. The first-order chi connectivity index (χ1) is 10.8. The lowest BCUT2D eigenvalue weighted by Crippen LogP contribution is -2.22. The Morgan fingerprint density at radius 3 is 2.00 bits per heavy atom. The molecule has 0 aliphatic heterocycles. The number of carboxylic acid groups (broad SMARTS) is 1. The molecule has 1 rings (SSSR count). The number of carboxylic acids is 1. The van der Waals surface area contributed by atoms with Crippen LogP contribution in [0.15, 0.2) is 11.3 Å². The molecule has 5 nitrogen and oxygen atoms in total. The summed E-state index contributed by atoms with van der Waals surface area (Å²) in [5.41, 5.74) is 0.896. The van der Waals surface area contributed by atoms with Crippen LogP contribution in [-0.2, 0) is 4.79 Å². The van der Waals surface area contributed by atoms with Crippen molar-refractivity contribution in [2.75, 3.05) is 0 Å². The summed E-state index contributed by atoms with van der Waals surface area (Å²) < 4.78 is 0. The van der Waals surface area contributed by atoms with E-state index >= 15 is 0 Å². The highest BCUT2D eigenvalue weighted by Crippen LogP contribution is 2.39. The maximum Gasteiger partial charge on any atom is 0.303 e. The summed E-state index contributed by atoms with van der Waals surface area (Å²) in [5.74, 6) is -0.260. The summed E-state index contributed by atoms with van der Waals surface area (Å²) >= 11 is 0. The first-order valence-corrected chi connectivity index (χ1v) is 8.76. The number of hydrogen-bond donors (Lipinski definition) is 4. The van der Waals surface area contributed by atoms with Gasteiger partial charge in [0.1, 0.15) is 0 Å². The molecule has 1 aliphatic rings. The lowest BCUT2D eigenvalue weighted by molar-refractivity contribution is -0.137. The van der Waals surface area contributed by atoms with E-state index in [0.717, 1.165) is 31.3 Å². The zero-order valence-corrected chi connectivity index (χ0v) is 14.4. The second kappa shape index (κ2) is 9.93. The average molecular weight is 328 g/mol. The number of unbranched alkanes of at least 4 members (excludes halogenated alkanes) is 3. The molecule has 134 valence electrons. The Morgan fingerprint density at radius 2 is 1.43 bits per heavy atom. The van der Waals surface area contributed by atoms with Gasteiger partial charge in [-0.05, 0) is 56.9 Å². The molecule has 4 atom stereocenters. The minimum Gasteiger partial charge on any atom is -0.512 e. The number of rotatable bonds is 10. The van der Waals surface area contributed by atoms with Crippen molar-refractivity contribution in [3.63, 3.8) is 0 Å². The molecule has 4 N–H and O–H groups in total. The molecule has 0 bridgehead atoms. The monoisotopic (exact) mass is 328 g/mol. The van der Waals surface area contributed by atoms with Crippen LogP contribution in [0.25, 0.3) is 0 Å².